The average molecular weight is 312 g/mol. The highest BCUT2D eigenvalue weighted by Gasteiger charge is 2.02. The van der Waals surface area contributed by atoms with Crippen molar-refractivity contribution in [2.45, 2.75) is 0 Å². The van der Waals surface area contributed by atoms with Crippen LogP contribution < -0.4 is 4.74 Å². The number of rotatable bonds is 5. The number of carbonyl (C=O) groups is 1. The van der Waals surface area contributed by atoms with E-state index in [1.807, 2.05) is 18.2 Å². The lowest BCUT2D eigenvalue weighted by molar-refractivity contribution is -0.131. The van der Waals surface area contributed by atoms with Gasteiger partial charge in [-0.1, -0.05) is 12.1 Å². The van der Waals surface area contributed by atoms with Gasteiger partial charge in [0.05, 0.1) is 12.7 Å². The van der Waals surface area contributed by atoms with E-state index in [0.717, 1.165) is 21.5 Å². The maximum Gasteiger partial charge on any atom is 0.328 e. The summed E-state index contributed by atoms with van der Waals surface area (Å²) in [6.07, 6.45) is 7.83. The lowest BCUT2D eigenvalue weighted by atomic mass is 10.1. The summed E-state index contributed by atoms with van der Waals surface area (Å²) < 4.78 is 5.09. The molecule has 1 N–H and O–H groups in total. The number of benzene rings is 1. The predicted octanol–water partition coefficient (Wildman–Crippen LogP) is 3.29. The fraction of sp³-hybridized carbons (Fsp3) is 0.0625. The summed E-state index contributed by atoms with van der Waals surface area (Å²) in [6, 6.07) is 7.39. The molecule has 0 aliphatic rings. The van der Waals surface area contributed by atoms with E-state index in [0.29, 0.717) is 11.3 Å². The second-order valence-corrected chi connectivity index (χ2v) is 5.27. The van der Waals surface area contributed by atoms with Gasteiger partial charge in [0.1, 0.15) is 16.8 Å². The van der Waals surface area contributed by atoms with Crippen LogP contribution in [0.5, 0.6) is 5.75 Å². The second kappa shape index (κ2) is 7.20. The van der Waals surface area contributed by atoms with Crippen molar-refractivity contribution in [2.24, 2.45) is 0 Å². The fourth-order valence-electron chi connectivity index (χ4n) is 1.69. The Labute approximate surface area is 131 Å². The minimum atomic E-state index is -0.993. The van der Waals surface area contributed by atoms with Crippen molar-refractivity contribution in [2.75, 3.05) is 7.11 Å². The largest absolute Gasteiger partial charge is 0.495 e. The molecule has 22 heavy (non-hydrogen) atoms. The Balaban J connectivity index is 2.15. The van der Waals surface area contributed by atoms with Crippen LogP contribution in [-0.4, -0.2) is 23.2 Å². The molecule has 110 valence electrons. The first-order valence-electron chi connectivity index (χ1n) is 6.25. The fourth-order valence-corrected chi connectivity index (χ4v) is 2.42. The molecule has 5 nitrogen and oxygen atoms in total. The molecule has 0 aliphatic carbocycles. The lowest BCUT2D eigenvalue weighted by Crippen LogP contribution is -1.87. The van der Waals surface area contributed by atoms with E-state index >= 15 is 0 Å². The molecule has 2 rings (SSSR count). The van der Waals surface area contributed by atoms with Crippen molar-refractivity contribution in [3.05, 3.63) is 51.5 Å². The van der Waals surface area contributed by atoms with Gasteiger partial charge in [0.2, 0.25) is 0 Å². The van der Waals surface area contributed by atoms with Crippen molar-refractivity contribution in [1.82, 2.24) is 4.98 Å². The Morgan fingerprint density at radius 3 is 2.91 bits per heavy atom. The summed E-state index contributed by atoms with van der Waals surface area (Å²) in [7, 11) is 1.52. The van der Waals surface area contributed by atoms with E-state index in [2.05, 4.69) is 11.1 Å². The molecule has 0 saturated heterocycles. The van der Waals surface area contributed by atoms with Gasteiger partial charge in [0, 0.05) is 17.2 Å². The molecule has 0 amide bonds. The van der Waals surface area contributed by atoms with Crippen LogP contribution in [0.15, 0.2) is 30.5 Å². The molecule has 0 spiro atoms. The summed E-state index contributed by atoms with van der Waals surface area (Å²) in [6.45, 7) is 0. The Bertz CT molecular complexity index is 785. The molecule has 1 aromatic carbocycles. The zero-order valence-electron chi connectivity index (χ0n) is 11.7. The van der Waals surface area contributed by atoms with E-state index in [-0.39, 0.29) is 0 Å². The number of hydrogen-bond acceptors (Lipinski definition) is 5. The number of aromatic nitrogens is 1. The van der Waals surface area contributed by atoms with Gasteiger partial charge < -0.3 is 9.84 Å². The standard InChI is InChI=1S/C16H12N2O3S/c1-21-14-5-2-11(8-12(14)9-17)3-6-15-18-10-13(22-15)4-7-16(19)20/h2-8,10H,1H3,(H,19,20)/b6-3+,7-4+. The molecule has 0 radical (unpaired) electrons. The first-order chi connectivity index (χ1) is 10.6. The molecular weight excluding hydrogens is 300 g/mol. The molecular formula is C16H12N2O3S. The first kappa shape index (κ1) is 15.5. The van der Waals surface area contributed by atoms with Gasteiger partial charge in [-0.25, -0.2) is 9.78 Å². The quantitative estimate of drug-likeness (QED) is 0.856. The highest BCUT2D eigenvalue weighted by Crippen LogP contribution is 2.21. The van der Waals surface area contributed by atoms with Crippen molar-refractivity contribution in [3.63, 3.8) is 0 Å². The minimum Gasteiger partial charge on any atom is -0.495 e. The third kappa shape index (κ3) is 4.04. The van der Waals surface area contributed by atoms with Gasteiger partial charge >= 0.3 is 5.97 Å². The highest BCUT2D eigenvalue weighted by molar-refractivity contribution is 7.13. The van der Waals surface area contributed by atoms with E-state index in [1.165, 1.54) is 24.5 Å². The number of thiazole rings is 1. The smallest absolute Gasteiger partial charge is 0.328 e. The zero-order valence-corrected chi connectivity index (χ0v) is 12.5. The van der Waals surface area contributed by atoms with Gasteiger partial charge in [0.15, 0.2) is 0 Å². The molecule has 0 fully saturated rings. The van der Waals surface area contributed by atoms with Crippen molar-refractivity contribution < 1.29 is 14.6 Å². The Morgan fingerprint density at radius 1 is 1.41 bits per heavy atom. The summed E-state index contributed by atoms with van der Waals surface area (Å²) >= 11 is 1.37. The average Bonchev–Trinajstić information content (AvgIpc) is 2.98. The number of methoxy groups -OCH3 is 1. The number of ether oxygens (including phenoxy) is 1. The summed E-state index contributed by atoms with van der Waals surface area (Å²) in [5, 5.41) is 18.4. The first-order valence-corrected chi connectivity index (χ1v) is 7.07. The molecule has 0 unspecified atom stereocenters. The van der Waals surface area contributed by atoms with Crippen LogP contribution in [0.4, 0.5) is 0 Å². The second-order valence-electron chi connectivity index (χ2n) is 4.18. The van der Waals surface area contributed by atoms with Gasteiger partial charge in [-0.05, 0) is 29.8 Å². The Morgan fingerprint density at radius 2 is 2.23 bits per heavy atom. The molecule has 0 atom stereocenters. The molecule has 6 heteroatoms. The zero-order chi connectivity index (χ0) is 15.9. The Hall–Kier alpha value is -2.91. The van der Waals surface area contributed by atoms with Crippen LogP contribution in [0.3, 0.4) is 0 Å². The minimum absolute atomic E-state index is 0.467. The number of nitrogens with zero attached hydrogens (tertiary/aromatic N) is 2. The van der Waals surface area contributed by atoms with E-state index < -0.39 is 5.97 Å². The SMILES string of the molecule is COc1ccc(/C=C/c2ncc(/C=C/C(=O)O)s2)cc1C#N. The van der Waals surface area contributed by atoms with Crippen molar-refractivity contribution in [1.29, 1.82) is 5.26 Å². The third-order valence-electron chi connectivity index (χ3n) is 2.69. The summed E-state index contributed by atoms with van der Waals surface area (Å²) in [4.78, 5) is 15.4. The van der Waals surface area contributed by atoms with Crippen molar-refractivity contribution >= 4 is 35.5 Å². The number of nitriles is 1. The number of aliphatic carboxylic acids is 1. The van der Waals surface area contributed by atoms with Crippen LogP contribution >= 0.6 is 11.3 Å². The number of carboxylic acids is 1. The van der Waals surface area contributed by atoms with E-state index in [1.54, 1.807) is 18.3 Å². The maximum atomic E-state index is 10.4. The lowest BCUT2D eigenvalue weighted by Gasteiger charge is -2.02. The van der Waals surface area contributed by atoms with Crippen LogP contribution in [0, 0.1) is 11.3 Å². The molecule has 0 saturated carbocycles. The monoisotopic (exact) mass is 312 g/mol. The highest BCUT2D eigenvalue weighted by atomic mass is 32.1. The van der Waals surface area contributed by atoms with Crippen LogP contribution in [-0.2, 0) is 4.79 Å². The van der Waals surface area contributed by atoms with Crippen LogP contribution in [0.25, 0.3) is 18.2 Å². The van der Waals surface area contributed by atoms with Gasteiger partial charge in [-0.2, -0.15) is 5.26 Å². The molecule has 1 aromatic heterocycles. The third-order valence-corrected chi connectivity index (χ3v) is 3.62. The van der Waals surface area contributed by atoms with Crippen LogP contribution in [0.1, 0.15) is 21.0 Å². The number of hydrogen-bond donors (Lipinski definition) is 1. The molecule has 1 heterocycles. The summed E-state index contributed by atoms with van der Waals surface area (Å²) in [5.74, 6) is -0.456. The number of carboxylic acid groups (broad SMARTS) is 1. The molecule has 0 aliphatic heterocycles. The topological polar surface area (TPSA) is 83.2 Å². The molecule has 2 aromatic rings. The van der Waals surface area contributed by atoms with Crippen molar-refractivity contribution in [3.8, 4) is 11.8 Å². The van der Waals surface area contributed by atoms with Gasteiger partial charge in [-0.15, -0.1) is 11.3 Å². The predicted molar refractivity (Wildman–Crippen MR) is 85.4 cm³/mol. The molecule has 0 bridgehead atoms. The normalized spacial score (nSPS) is 10.9. The Kier molecular flexibility index (Phi) is 5.07. The van der Waals surface area contributed by atoms with E-state index in [4.69, 9.17) is 15.1 Å². The van der Waals surface area contributed by atoms with E-state index in [9.17, 15) is 4.79 Å². The van der Waals surface area contributed by atoms with Gasteiger partial charge in [0.25, 0.3) is 0 Å². The maximum absolute atomic E-state index is 10.4. The van der Waals surface area contributed by atoms with Gasteiger partial charge in [-0.3, -0.25) is 0 Å². The van der Waals surface area contributed by atoms with Crippen LogP contribution in [0.2, 0.25) is 0 Å². The summed E-state index contributed by atoms with van der Waals surface area (Å²) in [5.41, 5.74) is 1.32.